The molecular formula is C12H16Br2N2O2S. The maximum absolute atomic E-state index is 11.1. The Bertz CT molecular complexity index is 458. The molecule has 19 heavy (non-hydrogen) atoms. The fourth-order valence-corrected chi connectivity index (χ4v) is 3.35. The smallest absolute Gasteiger partial charge is 0.320 e. The highest BCUT2D eigenvalue weighted by Crippen LogP contribution is 2.28. The van der Waals surface area contributed by atoms with E-state index < -0.39 is 12.0 Å². The molecule has 0 aromatic heterocycles. The Balaban J connectivity index is 2.71. The Morgan fingerprint density at radius 3 is 2.79 bits per heavy atom. The highest BCUT2D eigenvalue weighted by atomic mass is 79.9. The maximum Gasteiger partial charge on any atom is 0.320 e. The number of thioether (sulfide) groups is 1. The third-order valence-corrected chi connectivity index (χ3v) is 4.39. The van der Waals surface area contributed by atoms with Gasteiger partial charge in [0.25, 0.3) is 0 Å². The molecule has 1 atom stereocenters. The van der Waals surface area contributed by atoms with Gasteiger partial charge in [0.1, 0.15) is 6.04 Å². The number of nitrogens with two attached hydrogens (primary N) is 1. The van der Waals surface area contributed by atoms with Crippen molar-refractivity contribution in [2.24, 2.45) is 0 Å². The Kier molecular flexibility index (Phi) is 7.20. The highest BCUT2D eigenvalue weighted by molar-refractivity contribution is 9.11. The van der Waals surface area contributed by atoms with E-state index in [1.54, 1.807) is 11.8 Å². The van der Waals surface area contributed by atoms with Crippen molar-refractivity contribution in [2.45, 2.75) is 19.0 Å². The predicted octanol–water partition coefficient (Wildman–Crippen LogP) is 3.09. The molecule has 0 heterocycles. The van der Waals surface area contributed by atoms with Gasteiger partial charge in [0.15, 0.2) is 0 Å². The Morgan fingerprint density at radius 2 is 2.21 bits per heavy atom. The van der Waals surface area contributed by atoms with E-state index in [0.29, 0.717) is 18.7 Å². The number of hydrogen-bond donors (Lipinski definition) is 3. The first kappa shape index (κ1) is 16.8. The summed E-state index contributed by atoms with van der Waals surface area (Å²) in [6.07, 6.45) is 2.55. The molecule has 0 aliphatic carbocycles. The third kappa shape index (κ3) is 5.33. The lowest BCUT2D eigenvalue weighted by atomic mass is 10.1. The van der Waals surface area contributed by atoms with Crippen molar-refractivity contribution in [3.8, 4) is 0 Å². The molecule has 4 nitrogen and oxygen atoms in total. The fraction of sp³-hybridized carbons (Fsp3) is 0.417. The zero-order chi connectivity index (χ0) is 14.4. The van der Waals surface area contributed by atoms with Crippen LogP contribution in [0.25, 0.3) is 0 Å². The van der Waals surface area contributed by atoms with E-state index in [1.165, 1.54) is 0 Å². The number of aliphatic carboxylic acids is 1. The van der Waals surface area contributed by atoms with Gasteiger partial charge >= 0.3 is 5.97 Å². The molecule has 0 aliphatic rings. The summed E-state index contributed by atoms with van der Waals surface area (Å²) in [7, 11) is 0. The number of carboxylic acid groups (broad SMARTS) is 1. The standard InChI is InChI=1S/C12H16Br2N2O2S/c1-19-3-2-10(12(17)18)16-6-7-4-8(13)5-9(14)11(7)15/h4-5,10,16H,2-3,6,15H2,1H3,(H,17,18). The lowest BCUT2D eigenvalue weighted by Gasteiger charge is -2.15. The fourth-order valence-electron chi connectivity index (χ4n) is 1.57. The van der Waals surface area contributed by atoms with Crippen LogP contribution in [0.4, 0.5) is 5.69 Å². The SMILES string of the molecule is CSCCC(NCc1cc(Br)cc(Br)c1N)C(=O)O. The zero-order valence-corrected chi connectivity index (χ0v) is 14.4. The monoisotopic (exact) mass is 410 g/mol. The molecular weight excluding hydrogens is 396 g/mol. The summed E-state index contributed by atoms with van der Waals surface area (Å²) >= 11 is 8.40. The van der Waals surface area contributed by atoms with Crippen LogP contribution in [0, 0.1) is 0 Å². The maximum atomic E-state index is 11.1. The van der Waals surface area contributed by atoms with E-state index in [-0.39, 0.29) is 0 Å². The van der Waals surface area contributed by atoms with Crippen molar-refractivity contribution in [3.63, 3.8) is 0 Å². The first-order valence-electron chi connectivity index (χ1n) is 5.64. The van der Waals surface area contributed by atoms with Gasteiger partial charge in [-0.05, 0) is 52.1 Å². The van der Waals surface area contributed by atoms with Crippen molar-refractivity contribution in [1.29, 1.82) is 0 Å². The zero-order valence-electron chi connectivity index (χ0n) is 10.5. The van der Waals surface area contributed by atoms with Gasteiger partial charge in [-0.1, -0.05) is 15.9 Å². The molecule has 0 radical (unpaired) electrons. The minimum Gasteiger partial charge on any atom is -0.480 e. The quantitative estimate of drug-likeness (QED) is 0.601. The van der Waals surface area contributed by atoms with Crippen LogP contribution >= 0.6 is 43.6 Å². The molecule has 106 valence electrons. The molecule has 1 unspecified atom stereocenters. The largest absolute Gasteiger partial charge is 0.480 e. The summed E-state index contributed by atoms with van der Waals surface area (Å²) in [5.41, 5.74) is 7.46. The van der Waals surface area contributed by atoms with Gasteiger partial charge < -0.3 is 16.2 Å². The van der Waals surface area contributed by atoms with Crippen molar-refractivity contribution in [1.82, 2.24) is 5.32 Å². The minimum atomic E-state index is -0.832. The van der Waals surface area contributed by atoms with Gasteiger partial charge in [0.2, 0.25) is 0 Å². The topological polar surface area (TPSA) is 75.3 Å². The van der Waals surface area contributed by atoms with Crippen LogP contribution in [-0.2, 0) is 11.3 Å². The lowest BCUT2D eigenvalue weighted by Crippen LogP contribution is -2.36. The third-order valence-electron chi connectivity index (χ3n) is 2.63. The Labute approximate surface area is 133 Å². The lowest BCUT2D eigenvalue weighted by molar-refractivity contribution is -0.139. The molecule has 1 rings (SSSR count). The number of carbonyl (C=O) groups is 1. The number of nitrogen functional groups attached to an aromatic ring is 1. The molecule has 0 amide bonds. The minimum absolute atomic E-state index is 0.426. The highest BCUT2D eigenvalue weighted by Gasteiger charge is 2.16. The van der Waals surface area contributed by atoms with Crippen molar-refractivity contribution in [2.75, 3.05) is 17.7 Å². The van der Waals surface area contributed by atoms with Gasteiger partial charge in [-0.3, -0.25) is 4.79 Å². The van der Waals surface area contributed by atoms with E-state index in [4.69, 9.17) is 10.8 Å². The van der Waals surface area contributed by atoms with Crippen LogP contribution in [0.15, 0.2) is 21.1 Å². The normalized spacial score (nSPS) is 12.4. The van der Waals surface area contributed by atoms with E-state index in [0.717, 1.165) is 20.3 Å². The molecule has 0 saturated carbocycles. The number of rotatable bonds is 7. The summed E-state index contributed by atoms with van der Waals surface area (Å²) in [5, 5.41) is 12.2. The second kappa shape index (κ2) is 8.14. The van der Waals surface area contributed by atoms with E-state index in [9.17, 15) is 4.79 Å². The molecule has 0 fully saturated rings. The molecule has 0 saturated heterocycles. The average molecular weight is 412 g/mol. The molecule has 7 heteroatoms. The summed E-state index contributed by atoms with van der Waals surface area (Å²) in [4.78, 5) is 11.1. The van der Waals surface area contributed by atoms with Gasteiger partial charge in [0.05, 0.1) is 5.69 Å². The first-order chi connectivity index (χ1) is 8.95. The number of nitrogens with one attached hydrogen (secondary N) is 1. The summed E-state index contributed by atoms with van der Waals surface area (Å²) in [6, 6.07) is 3.20. The number of carboxylic acids is 1. The molecule has 0 bridgehead atoms. The molecule has 1 aromatic carbocycles. The second-order valence-corrected chi connectivity index (χ2v) is 6.77. The van der Waals surface area contributed by atoms with Crippen LogP contribution in [0.5, 0.6) is 0 Å². The summed E-state index contributed by atoms with van der Waals surface area (Å²) in [6.45, 7) is 0.426. The van der Waals surface area contributed by atoms with Crippen LogP contribution in [0.2, 0.25) is 0 Å². The molecule has 1 aromatic rings. The van der Waals surface area contributed by atoms with Crippen LogP contribution in [-0.4, -0.2) is 29.1 Å². The predicted molar refractivity (Wildman–Crippen MR) is 87.5 cm³/mol. The van der Waals surface area contributed by atoms with E-state index in [2.05, 4.69) is 37.2 Å². The Morgan fingerprint density at radius 1 is 1.53 bits per heavy atom. The van der Waals surface area contributed by atoms with Gasteiger partial charge in [0, 0.05) is 15.5 Å². The van der Waals surface area contributed by atoms with Crippen LogP contribution < -0.4 is 11.1 Å². The number of benzene rings is 1. The van der Waals surface area contributed by atoms with Crippen LogP contribution in [0.1, 0.15) is 12.0 Å². The summed E-state index contributed by atoms with van der Waals surface area (Å²) in [5.74, 6) is -0.0246. The van der Waals surface area contributed by atoms with Gasteiger partial charge in [-0.15, -0.1) is 0 Å². The van der Waals surface area contributed by atoms with Gasteiger partial charge in [-0.2, -0.15) is 11.8 Å². The average Bonchev–Trinajstić information content (AvgIpc) is 2.34. The van der Waals surface area contributed by atoms with Crippen molar-refractivity contribution >= 4 is 55.3 Å². The Hall–Kier alpha value is -0.240. The van der Waals surface area contributed by atoms with Crippen molar-refractivity contribution < 1.29 is 9.90 Å². The number of halogens is 2. The second-order valence-electron chi connectivity index (χ2n) is 4.01. The van der Waals surface area contributed by atoms with E-state index >= 15 is 0 Å². The molecule has 4 N–H and O–H groups in total. The van der Waals surface area contributed by atoms with Crippen molar-refractivity contribution in [3.05, 3.63) is 26.6 Å². The molecule has 0 aliphatic heterocycles. The van der Waals surface area contributed by atoms with E-state index in [1.807, 2.05) is 18.4 Å². The van der Waals surface area contributed by atoms with Crippen LogP contribution in [0.3, 0.4) is 0 Å². The van der Waals surface area contributed by atoms with Gasteiger partial charge in [-0.25, -0.2) is 0 Å². The molecule has 0 spiro atoms. The number of anilines is 1. The summed E-state index contributed by atoms with van der Waals surface area (Å²) < 4.78 is 1.70. The first-order valence-corrected chi connectivity index (χ1v) is 8.62. The number of hydrogen-bond acceptors (Lipinski definition) is 4.